The highest BCUT2D eigenvalue weighted by atomic mass is 32.1. The maximum Gasteiger partial charge on any atom is 0.332 e. The number of fused-ring (bicyclic) bond motifs is 1. The van der Waals surface area contributed by atoms with E-state index in [0.29, 0.717) is 36.6 Å². The van der Waals surface area contributed by atoms with Gasteiger partial charge in [-0.25, -0.2) is 14.7 Å². The molecule has 0 aliphatic carbocycles. The number of carbonyl (C=O) groups excluding carboxylic acids is 3. The Morgan fingerprint density at radius 2 is 1.67 bits per heavy atom. The summed E-state index contributed by atoms with van der Waals surface area (Å²) in [6.07, 6.45) is 1.30. The molecule has 3 aromatic rings. The molecule has 4 amide bonds. The summed E-state index contributed by atoms with van der Waals surface area (Å²) in [5.41, 5.74) is 1.43. The van der Waals surface area contributed by atoms with Gasteiger partial charge < -0.3 is 9.80 Å². The molecule has 3 heterocycles. The van der Waals surface area contributed by atoms with Crippen LogP contribution in [0.5, 0.6) is 0 Å². The maximum atomic E-state index is 12.9. The predicted molar refractivity (Wildman–Crippen MR) is 115 cm³/mol. The first-order valence-electron chi connectivity index (χ1n) is 9.95. The molecule has 0 saturated carbocycles. The number of para-hydroxylation sites is 2. The van der Waals surface area contributed by atoms with E-state index in [9.17, 15) is 14.4 Å². The normalized spacial score (nSPS) is 17.9. The Kier molecular flexibility index (Phi) is 4.71. The number of imide groups is 1. The Morgan fingerprint density at radius 1 is 0.967 bits per heavy atom. The number of hydrogen-bond donors (Lipinski definition) is 0. The van der Waals surface area contributed by atoms with Gasteiger partial charge in [0.25, 0.3) is 11.8 Å². The fourth-order valence-corrected chi connectivity index (χ4v) is 5.05. The van der Waals surface area contributed by atoms with E-state index < -0.39 is 0 Å². The van der Waals surface area contributed by atoms with Crippen molar-refractivity contribution >= 4 is 45.1 Å². The highest BCUT2D eigenvalue weighted by molar-refractivity contribution is 7.20. The summed E-state index contributed by atoms with van der Waals surface area (Å²) < 4.78 is 0.998. The van der Waals surface area contributed by atoms with E-state index in [1.165, 1.54) is 16.2 Å². The number of aromatic nitrogens is 1. The van der Waals surface area contributed by atoms with Crippen LogP contribution in [0, 0.1) is 0 Å². The van der Waals surface area contributed by atoms with Gasteiger partial charge in [0.1, 0.15) is 6.54 Å². The third-order valence-corrected chi connectivity index (χ3v) is 6.70. The Hall–Kier alpha value is -3.26. The molecular weight excluding hydrogens is 400 g/mol. The van der Waals surface area contributed by atoms with Crippen molar-refractivity contribution in [3.8, 4) is 0 Å². The van der Waals surface area contributed by atoms with E-state index in [4.69, 9.17) is 0 Å². The molecule has 152 valence electrons. The molecular formula is C22H20N4O3S. The van der Waals surface area contributed by atoms with Gasteiger partial charge in [-0.3, -0.25) is 9.59 Å². The lowest BCUT2D eigenvalue weighted by Gasteiger charge is -2.35. The quantitative estimate of drug-likeness (QED) is 0.609. The molecule has 0 N–H and O–H groups in total. The highest BCUT2D eigenvalue weighted by Crippen LogP contribution is 2.28. The van der Waals surface area contributed by atoms with Gasteiger partial charge in [-0.05, 0) is 37.1 Å². The zero-order valence-corrected chi connectivity index (χ0v) is 17.0. The van der Waals surface area contributed by atoms with Crippen molar-refractivity contribution in [3.63, 3.8) is 0 Å². The van der Waals surface area contributed by atoms with Crippen LogP contribution in [0.1, 0.15) is 22.6 Å². The molecule has 30 heavy (non-hydrogen) atoms. The summed E-state index contributed by atoms with van der Waals surface area (Å²) in [6.45, 7) is 1.18. The van der Waals surface area contributed by atoms with Gasteiger partial charge in [0.15, 0.2) is 5.01 Å². The largest absolute Gasteiger partial charge is 0.336 e. The van der Waals surface area contributed by atoms with Crippen LogP contribution >= 0.6 is 11.3 Å². The number of urea groups is 1. The number of hydrogen-bond acceptors (Lipinski definition) is 5. The lowest BCUT2D eigenvalue weighted by molar-refractivity contribution is -0.116. The molecule has 0 spiro atoms. The van der Waals surface area contributed by atoms with Gasteiger partial charge in [0.2, 0.25) is 0 Å². The van der Waals surface area contributed by atoms with Crippen molar-refractivity contribution in [2.45, 2.75) is 18.9 Å². The zero-order valence-electron chi connectivity index (χ0n) is 16.2. The summed E-state index contributed by atoms with van der Waals surface area (Å²) in [5, 5.41) is 0.498. The minimum atomic E-state index is -0.276. The Morgan fingerprint density at radius 3 is 2.40 bits per heavy atom. The molecule has 0 radical (unpaired) electrons. The van der Waals surface area contributed by atoms with Crippen molar-refractivity contribution < 1.29 is 14.4 Å². The van der Waals surface area contributed by atoms with E-state index in [1.807, 2.05) is 42.5 Å². The Bertz CT molecular complexity index is 1090. The van der Waals surface area contributed by atoms with Crippen LogP contribution in [0.15, 0.2) is 54.6 Å². The first kappa shape index (κ1) is 18.7. The number of rotatable bonds is 3. The van der Waals surface area contributed by atoms with Crippen molar-refractivity contribution in [3.05, 3.63) is 59.6 Å². The minimum absolute atomic E-state index is 0.0467. The summed E-state index contributed by atoms with van der Waals surface area (Å²) >= 11 is 1.41. The van der Waals surface area contributed by atoms with Crippen LogP contribution in [0.4, 0.5) is 10.5 Å². The predicted octanol–water partition coefficient (Wildman–Crippen LogP) is 3.37. The third kappa shape index (κ3) is 3.23. The SMILES string of the molecule is O=C(c1nc2ccccc2s1)N1CCC(N2CC(=O)N(c3ccccc3)C2=O)CC1. The second kappa shape index (κ2) is 7.53. The summed E-state index contributed by atoms with van der Waals surface area (Å²) in [4.78, 5) is 47.4. The second-order valence-electron chi connectivity index (χ2n) is 7.49. The number of nitrogens with zero attached hydrogens (tertiary/aromatic N) is 4. The van der Waals surface area contributed by atoms with Crippen molar-refractivity contribution in [2.75, 3.05) is 24.5 Å². The highest BCUT2D eigenvalue weighted by Gasteiger charge is 2.41. The summed E-state index contributed by atoms with van der Waals surface area (Å²) in [7, 11) is 0. The van der Waals surface area contributed by atoms with Crippen molar-refractivity contribution in [1.29, 1.82) is 0 Å². The molecule has 8 heteroatoms. The molecule has 2 aliphatic rings. The number of amides is 4. The van der Waals surface area contributed by atoms with Crippen LogP contribution in [0.3, 0.4) is 0 Å². The van der Waals surface area contributed by atoms with E-state index >= 15 is 0 Å². The monoisotopic (exact) mass is 420 g/mol. The van der Waals surface area contributed by atoms with Crippen molar-refractivity contribution in [2.24, 2.45) is 0 Å². The van der Waals surface area contributed by atoms with Gasteiger partial charge in [-0.15, -0.1) is 11.3 Å². The van der Waals surface area contributed by atoms with Gasteiger partial charge in [-0.1, -0.05) is 30.3 Å². The lowest BCUT2D eigenvalue weighted by Crippen LogP contribution is -2.48. The smallest absolute Gasteiger partial charge is 0.332 e. The van der Waals surface area contributed by atoms with Crippen LogP contribution in [-0.2, 0) is 4.79 Å². The number of thiazole rings is 1. The molecule has 2 aliphatic heterocycles. The van der Waals surface area contributed by atoms with Gasteiger partial charge >= 0.3 is 6.03 Å². The van der Waals surface area contributed by atoms with E-state index in [1.54, 1.807) is 21.9 Å². The number of benzene rings is 2. The number of likely N-dealkylation sites (tertiary alicyclic amines) is 1. The maximum absolute atomic E-state index is 12.9. The molecule has 2 fully saturated rings. The number of carbonyl (C=O) groups is 3. The van der Waals surface area contributed by atoms with Gasteiger partial charge in [0.05, 0.1) is 15.9 Å². The first-order chi connectivity index (χ1) is 14.6. The molecule has 7 nitrogen and oxygen atoms in total. The third-order valence-electron chi connectivity index (χ3n) is 5.68. The van der Waals surface area contributed by atoms with Crippen molar-refractivity contribution in [1.82, 2.24) is 14.8 Å². The first-order valence-corrected chi connectivity index (χ1v) is 10.8. The Labute approximate surface area is 177 Å². The summed E-state index contributed by atoms with van der Waals surface area (Å²) in [5.74, 6) is -0.274. The molecule has 2 saturated heterocycles. The van der Waals surface area contributed by atoms with E-state index in [0.717, 1.165) is 10.2 Å². The van der Waals surface area contributed by atoms with Gasteiger partial charge in [-0.2, -0.15) is 0 Å². The molecule has 5 rings (SSSR count). The fourth-order valence-electron chi connectivity index (χ4n) is 4.12. The fraction of sp³-hybridized carbons (Fsp3) is 0.273. The molecule has 0 unspecified atom stereocenters. The van der Waals surface area contributed by atoms with Crippen LogP contribution < -0.4 is 4.90 Å². The average molecular weight is 420 g/mol. The standard InChI is InChI=1S/C22H20N4O3S/c27-19-14-25(22(29)26(19)16-6-2-1-3-7-16)15-10-12-24(13-11-15)21(28)20-23-17-8-4-5-9-18(17)30-20/h1-9,15H,10-14H2. The van der Waals surface area contributed by atoms with Crippen LogP contribution in [0.2, 0.25) is 0 Å². The van der Waals surface area contributed by atoms with Crippen LogP contribution in [-0.4, -0.2) is 58.3 Å². The topological polar surface area (TPSA) is 73.8 Å². The van der Waals surface area contributed by atoms with Gasteiger partial charge in [0, 0.05) is 19.1 Å². The van der Waals surface area contributed by atoms with E-state index in [2.05, 4.69) is 4.98 Å². The second-order valence-corrected chi connectivity index (χ2v) is 8.52. The molecule has 2 aromatic carbocycles. The van der Waals surface area contributed by atoms with Crippen LogP contribution in [0.25, 0.3) is 10.2 Å². The van der Waals surface area contributed by atoms with E-state index in [-0.39, 0.29) is 30.4 Å². The lowest BCUT2D eigenvalue weighted by atomic mass is 10.0. The average Bonchev–Trinajstić information content (AvgIpc) is 3.34. The minimum Gasteiger partial charge on any atom is -0.336 e. The zero-order chi connectivity index (χ0) is 20.7. The molecule has 0 atom stereocenters. The summed E-state index contributed by atoms with van der Waals surface area (Å²) in [6, 6.07) is 16.4. The Balaban J connectivity index is 1.25. The number of anilines is 1. The number of piperidine rings is 1. The molecule has 1 aromatic heterocycles. The molecule has 0 bridgehead atoms.